The number of halogens is 1. The van der Waals surface area contributed by atoms with Crippen LogP contribution in [0.3, 0.4) is 0 Å². The van der Waals surface area contributed by atoms with Crippen molar-refractivity contribution in [3.05, 3.63) is 17.8 Å². The molecule has 1 aromatic heterocycles. The van der Waals surface area contributed by atoms with Gasteiger partial charge in [-0.3, -0.25) is 4.79 Å². The lowest BCUT2D eigenvalue weighted by molar-refractivity contribution is -0.132. The molecule has 0 unspecified atom stereocenters. The van der Waals surface area contributed by atoms with Crippen molar-refractivity contribution in [2.45, 2.75) is 19.8 Å². The van der Waals surface area contributed by atoms with Gasteiger partial charge in [0.2, 0.25) is 5.91 Å². The summed E-state index contributed by atoms with van der Waals surface area (Å²) >= 11 is 0. The van der Waals surface area contributed by atoms with Gasteiger partial charge in [-0.05, 0) is 12.8 Å². The number of carbonyl (C=O) groups is 1. The van der Waals surface area contributed by atoms with Crippen LogP contribution in [0.5, 0.6) is 0 Å². The molecule has 5 nitrogen and oxygen atoms in total. The first-order valence-corrected chi connectivity index (χ1v) is 5.73. The van der Waals surface area contributed by atoms with Gasteiger partial charge in [-0.1, -0.05) is 6.92 Å². The molecule has 0 aliphatic carbocycles. The third-order valence-corrected chi connectivity index (χ3v) is 2.81. The molecule has 2 heterocycles. The van der Waals surface area contributed by atoms with Crippen molar-refractivity contribution in [3.8, 4) is 0 Å². The molecule has 2 rings (SSSR count). The van der Waals surface area contributed by atoms with E-state index in [-0.39, 0.29) is 18.3 Å². The first-order valence-electron chi connectivity index (χ1n) is 5.73. The van der Waals surface area contributed by atoms with Crippen LogP contribution in [0.25, 0.3) is 0 Å². The Morgan fingerprint density at radius 1 is 1.53 bits per heavy atom. The molecule has 1 saturated heterocycles. The number of nitrogens with one attached hydrogen (secondary N) is 1. The van der Waals surface area contributed by atoms with Crippen molar-refractivity contribution in [2.75, 3.05) is 25.0 Å². The Kier molecular flexibility index (Phi) is 3.51. The van der Waals surface area contributed by atoms with Crippen LogP contribution in [0.4, 0.5) is 10.2 Å². The highest BCUT2D eigenvalue weighted by Gasteiger charge is 2.20. The lowest BCUT2D eigenvalue weighted by Crippen LogP contribution is -2.44. The van der Waals surface area contributed by atoms with Crippen LogP contribution in [-0.2, 0) is 11.2 Å². The van der Waals surface area contributed by atoms with Gasteiger partial charge in [0.05, 0.1) is 12.2 Å². The van der Waals surface area contributed by atoms with Crippen molar-refractivity contribution >= 4 is 11.7 Å². The SMILES string of the molecule is CCc1ncnc(NCC(=O)N2CCC2)c1F. The van der Waals surface area contributed by atoms with Crippen molar-refractivity contribution in [2.24, 2.45) is 0 Å². The number of nitrogens with zero attached hydrogens (tertiary/aromatic N) is 3. The highest BCUT2D eigenvalue weighted by Crippen LogP contribution is 2.13. The smallest absolute Gasteiger partial charge is 0.241 e. The highest BCUT2D eigenvalue weighted by atomic mass is 19.1. The first-order chi connectivity index (χ1) is 8.22. The molecular formula is C11H15FN4O. The fraction of sp³-hybridized carbons (Fsp3) is 0.545. The van der Waals surface area contributed by atoms with Crippen LogP contribution in [0.2, 0.25) is 0 Å². The maximum Gasteiger partial charge on any atom is 0.241 e. The summed E-state index contributed by atoms with van der Waals surface area (Å²) in [5.41, 5.74) is 0.360. The molecule has 6 heteroatoms. The van der Waals surface area contributed by atoms with Gasteiger partial charge in [-0.2, -0.15) is 0 Å². The number of hydrogen-bond donors (Lipinski definition) is 1. The van der Waals surface area contributed by atoms with E-state index in [1.54, 1.807) is 4.90 Å². The standard InChI is InChI=1S/C11H15FN4O/c1-2-8-10(12)11(15-7-14-8)13-6-9(17)16-4-3-5-16/h7H,2-6H2,1H3,(H,13,14,15). The maximum atomic E-state index is 13.7. The molecule has 0 saturated carbocycles. The van der Waals surface area contributed by atoms with E-state index in [9.17, 15) is 9.18 Å². The predicted molar refractivity (Wildman–Crippen MR) is 61.1 cm³/mol. The zero-order valence-corrected chi connectivity index (χ0v) is 9.74. The Morgan fingerprint density at radius 2 is 2.29 bits per heavy atom. The Labute approximate surface area is 99.1 Å². The molecule has 92 valence electrons. The second-order valence-corrected chi connectivity index (χ2v) is 3.92. The van der Waals surface area contributed by atoms with Gasteiger partial charge in [0.15, 0.2) is 11.6 Å². The van der Waals surface area contributed by atoms with Crippen molar-refractivity contribution in [1.29, 1.82) is 0 Å². The molecule has 1 fully saturated rings. The minimum atomic E-state index is -0.466. The molecule has 1 aromatic rings. The van der Waals surface area contributed by atoms with Gasteiger partial charge >= 0.3 is 0 Å². The molecule has 1 N–H and O–H groups in total. The second-order valence-electron chi connectivity index (χ2n) is 3.92. The van der Waals surface area contributed by atoms with Crippen molar-refractivity contribution < 1.29 is 9.18 Å². The van der Waals surface area contributed by atoms with Crippen LogP contribution >= 0.6 is 0 Å². The molecule has 0 atom stereocenters. The molecule has 0 spiro atoms. The van der Waals surface area contributed by atoms with E-state index in [0.717, 1.165) is 19.5 Å². The van der Waals surface area contributed by atoms with E-state index >= 15 is 0 Å². The summed E-state index contributed by atoms with van der Waals surface area (Å²) in [5, 5.41) is 2.72. The van der Waals surface area contributed by atoms with E-state index in [4.69, 9.17) is 0 Å². The molecule has 1 aliphatic heterocycles. The topological polar surface area (TPSA) is 58.1 Å². The number of anilines is 1. The fourth-order valence-electron chi connectivity index (χ4n) is 1.61. The van der Waals surface area contributed by atoms with Gasteiger partial charge in [0, 0.05) is 13.1 Å². The van der Waals surface area contributed by atoms with Crippen LogP contribution in [0.1, 0.15) is 19.0 Å². The summed E-state index contributed by atoms with van der Waals surface area (Å²) in [6.07, 6.45) is 2.86. The number of aryl methyl sites for hydroxylation is 1. The lowest BCUT2D eigenvalue weighted by atomic mass is 10.2. The quantitative estimate of drug-likeness (QED) is 0.843. The molecule has 17 heavy (non-hydrogen) atoms. The Balaban J connectivity index is 1.96. The van der Waals surface area contributed by atoms with Gasteiger partial charge in [0.25, 0.3) is 0 Å². The van der Waals surface area contributed by atoms with Crippen molar-refractivity contribution in [1.82, 2.24) is 14.9 Å². The van der Waals surface area contributed by atoms with Crippen LogP contribution < -0.4 is 5.32 Å². The van der Waals surface area contributed by atoms with Gasteiger partial charge in [0.1, 0.15) is 6.33 Å². The molecule has 0 bridgehead atoms. The summed E-state index contributed by atoms with van der Waals surface area (Å²) in [6, 6.07) is 0. The van der Waals surface area contributed by atoms with E-state index in [2.05, 4.69) is 15.3 Å². The number of hydrogen-bond acceptors (Lipinski definition) is 4. The minimum Gasteiger partial charge on any atom is -0.358 e. The molecule has 1 amide bonds. The van der Waals surface area contributed by atoms with Crippen LogP contribution in [0.15, 0.2) is 6.33 Å². The number of rotatable bonds is 4. The van der Waals surface area contributed by atoms with Gasteiger partial charge in [-0.15, -0.1) is 0 Å². The van der Waals surface area contributed by atoms with E-state index in [1.807, 2.05) is 6.92 Å². The third kappa shape index (κ3) is 2.51. The molecule has 1 aliphatic rings. The Bertz CT molecular complexity index is 420. The van der Waals surface area contributed by atoms with Gasteiger partial charge < -0.3 is 10.2 Å². The number of aromatic nitrogens is 2. The number of carbonyl (C=O) groups excluding carboxylic acids is 1. The molecule has 0 radical (unpaired) electrons. The fourth-order valence-corrected chi connectivity index (χ4v) is 1.61. The number of amides is 1. The average Bonchev–Trinajstić information content (AvgIpc) is 2.25. The van der Waals surface area contributed by atoms with Crippen LogP contribution in [-0.4, -0.2) is 40.4 Å². The lowest BCUT2D eigenvalue weighted by Gasteiger charge is -2.30. The van der Waals surface area contributed by atoms with Crippen LogP contribution in [0, 0.1) is 5.82 Å². The summed E-state index contributed by atoms with van der Waals surface area (Å²) in [6.45, 7) is 3.50. The monoisotopic (exact) mass is 238 g/mol. The highest BCUT2D eigenvalue weighted by molar-refractivity contribution is 5.81. The predicted octanol–water partition coefficient (Wildman–Crippen LogP) is 0.822. The first kappa shape index (κ1) is 11.8. The Morgan fingerprint density at radius 3 is 2.88 bits per heavy atom. The van der Waals surface area contributed by atoms with E-state index in [1.165, 1.54) is 6.33 Å². The summed E-state index contributed by atoms with van der Waals surface area (Å²) < 4.78 is 13.7. The number of likely N-dealkylation sites (tertiary alicyclic amines) is 1. The third-order valence-electron chi connectivity index (χ3n) is 2.81. The average molecular weight is 238 g/mol. The largest absolute Gasteiger partial charge is 0.358 e. The van der Waals surface area contributed by atoms with E-state index in [0.29, 0.717) is 12.1 Å². The molecular weight excluding hydrogens is 223 g/mol. The summed E-state index contributed by atoms with van der Waals surface area (Å²) in [4.78, 5) is 20.9. The summed E-state index contributed by atoms with van der Waals surface area (Å²) in [5.74, 6) is -0.385. The maximum absolute atomic E-state index is 13.7. The van der Waals surface area contributed by atoms with Crippen molar-refractivity contribution in [3.63, 3.8) is 0 Å². The zero-order valence-electron chi connectivity index (χ0n) is 9.74. The summed E-state index contributed by atoms with van der Waals surface area (Å²) in [7, 11) is 0. The molecule has 0 aromatic carbocycles. The normalized spacial score (nSPS) is 14.4. The minimum absolute atomic E-state index is 0.0210. The van der Waals surface area contributed by atoms with Gasteiger partial charge in [-0.25, -0.2) is 14.4 Å². The van der Waals surface area contributed by atoms with E-state index < -0.39 is 5.82 Å². The zero-order chi connectivity index (χ0) is 12.3. The second kappa shape index (κ2) is 5.07. The Hall–Kier alpha value is -1.72.